The first kappa shape index (κ1) is 25.1. The van der Waals surface area contributed by atoms with E-state index in [1.54, 1.807) is 6.92 Å². The van der Waals surface area contributed by atoms with E-state index in [9.17, 15) is 34.0 Å². The molecule has 1 saturated heterocycles. The predicted octanol–water partition coefficient (Wildman–Crippen LogP) is 1.31. The van der Waals surface area contributed by atoms with Gasteiger partial charge in [-0.15, -0.1) is 0 Å². The highest BCUT2D eigenvalue weighted by Crippen LogP contribution is 2.52. The van der Waals surface area contributed by atoms with Crippen LogP contribution >= 0.6 is 19.8 Å². The Kier molecular flexibility index (Phi) is 7.04. The molecule has 5 N–H and O–H groups in total. The van der Waals surface area contributed by atoms with Crippen molar-refractivity contribution < 1.29 is 38.4 Å². The van der Waals surface area contributed by atoms with Gasteiger partial charge in [-0.25, -0.2) is 4.98 Å². The third-order valence-corrected chi connectivity index (χ3v) is 7.48. The topological polar surface area (TPSA) is 167 Å². The quantitative estimate of drug-likeness (QED) is 0.216. The van der Waals surface area contributed by atoms with Crippen molar-refractivity contribution in [1.29, 1.82) is 0 Å². The molecular formula is C18H25FN3O8PS. The molecule has 32 heavy (non-hydrogen) atoms. The SMILES string of the molecule is CCC(C)(C[C@H]1O[C@@H](n2cc3c(=O)cc(F)[nH]c3nc2=S)[C@@H](O)C1O)OP(=O)(O)C(C)O. The van der Waals surface area contributed by atoms with E-state index in [-0.39, 0.29) is 28.6 Å². The summed E-state index contributed by atoms with van der Waals surface area (Å²) >= 11 is 5.18. The summed E-state index contributed by atoms with van der Waals surface area (Å²) in [5.41, 5.74) is -2.02. The number of fused-ring (bicyclic) bond motifs is 1. The highest BCUT2D eigenvalue weighted by molar-refractivity contribution is 7.71. The molecule has 0 aromatic carbocycles. The van der Waals surface area contributed by atoms with Gasteiger partial charge >= 0.3 is 7.60 Å². The zero-order chi connectivity index (χ0) is 24.0. The second-order valence-corrected chi connectivity index (χ2v) is 10.4. The minimum absolute atomic E-state index is 0.00591. The molecule has 0 aliphatic carbocycles. The van der Waals surface area contributed by atoms with Gasteiger partial charge in [0.1, 0.15) is 17.9 Å². The molecule has 0 bridgehead atoms. The summed E-state index contributed by atoms with van der Waals surface area (Å²) in [6, 6.07) is 0.736. The fraction of sp³-hybridized carbons (Fsp3) is 0.611. The molecule has 3 heterocycles. The molecule has 1 fully saturated rings. The maximum Gasteiger partial charge on any atom is 0.356 e. The fourth-order valence-corrected chi connectivity index (χ4v) is 4.70. The Morgan fingerprint density at radius 3 is 2.72 bits per heavy atom. The Morgan fingerprint density at radius 2 is 2.12 bits per heavy atom. The molecule has 0 radical (unpaired) electrons. The number of ether oxygens (including phenoxy) is 1. The summed E-state index contributed by atoms with van der Waals surface area (Å²) in [6.45, 7) is 4.33. The van der Waals surface area contributed by atoms with Crippen LogP contribution in [-0.2, 0) is 13.8 Å². The van der Waals surface area contributed by atoms with Gasteiger partial charge in [0.2, 0.25) is 4.77 Å². The first-order valence-electron chi connectivity index (χ1n) is 9.82. The largest absolute Gasteiger partial charge is 0.388 e. The van der Waals surface area contributed by atoms with E-state index >= 15 is 0 Å². The summed E-state index contributed by atoms with van der Waals surface area (Å²) in [5, 5.41) is 30.6. The molecule has 0 amide bonds. The normalized spacial score (nSPS) is 28.4. The van der Waals surface area contributed by atoms with Crippen LogP contribution in [0.25, 0.3) is 11.0 Å². The zero-order valence-corrected chi connectivity index (χ0v) is 19.2. The van der Waals surface area contributed by atoms with Crippen molar-refractivity contribution in [2.24, 2.45) is 0 Å². The molecule has 2 aromatic rings. The number of halogens is 1. The summed E-state index contributed by atoms with van der Waals surface area (Å²) in [4.78, 5) is 28.3. The molecule has 1 aliphatic heterocycles. The molecule has 11 nitrogen and oxygen atoms in total. The summed E-state index contributed by atoms with van der Waals surface area (Å²) < 4.78 is 37.7. The number of nitrogens with zero attached hydrogens (tertiary/aromatic N) is 2. The van der Waals surface area contributed by atoms with Crippen LogP contribution in [0.3, 0.4) is 0 Å². The number of aliphatic hydroxyl groups is 3. The smallest absolute Gasteiger partial charge is 0.356 e. The van der Waals surface area contributed by atoms with E-state index in [0.29, 0.717) is 0 Å². The van der Waals surface area contributed by atoms with Gasteiger partial charge in [-0.05, 0) is 32.5 Å². The number of nitrogens with one attached hydrogen (secondary N) is 1. The maximum absolute atomic E-state index is 13.5. The van der Waals surface area contributed by atoms with E-state index in [1.165, 1.54) is 17.7 Å². The third kappa shape index (κ3) is 4.85. The molecule has 0 saturated carbocycles. The van der Waals surface area contributed by atoms with Crippen LogP contribution in [0.4, 0.5) is 4.39 Å². The summed E-state index contributed by atoms with van der Waals surface area (Å²) in [7, 11) is -4.36. The second kappa shape index (κ2) is 8.99. The Hall–Kier alpha value is -1.57. The molecule has 14 heteroatoms. The van der Waals surface area contributed by atoms with Crippen molar-refractivity contribution in [1.82, 2.24) is 14.5 Å². The Labute approximate surface area is 187 Å². The molecule has 4 unspecified atom stereocenters. The van der Waals surface area contributed by atoms with Gasteiger partial charge in [0, 0.05) is 18.7 Å². The van der Waals surface area contributed by atoms with Crippen LogP contribution in [0.2, 0.25) is 0 Å². The molecule has 0 spiro atoms. The van der Waals surface area contributed by atoms with Crippen LogP contribution in [-0.4, -0.2) is 64.5 Å². The minimum atomic E-state index is -4.36. The molecule has 3 rings (SSSR count). The highest BCUT2D eigenvalue weighted by Gasteiger charge is 2.48. The standard InChI is InChI=1S/C18H25FN3O8PS/c1-4-18(3,30-31(27,28)8(2)23)6-11-13(25)14(26)16(29-11)22-7-9-10(24)5-12(19)20-15(9)21-17(22)32/h5,7-8,11,13-14,16,23,25-26H,4,6H2,1-3H3,(H,27,28)(H,20,21,32)/t8?,11-,13?,14+,16-,18?/m1/s1. The minimum Gasteiger partial charge on any atom is -0.388 e. The molecule has 178 valence electrons. The second-order valence-electron chi connectivity index (χ2n) is 8.02. The van der Waals surface area contributed by atoms with Gasteiger partial charge in [-0.1, -0.05) is 6.92 Å². The Bertz CT molecular complexity index is 1170. The number of aliphatic hydroxyl groups excluding tert-OH is 3. The molecule has 2 aromatic heterocycles. The number of pyridine rings is 1. The van der Waals surface area contributed by atoms with Crippen LogP contribution < -0.4 is 5.43 Å². The number of rotatable bonds is 7. The van der Waals surface area contributed by atoms with Crippen LogP contribution in [0.15, 0.2) is 17.1 Å². The van der Waals surface area contributed by atoms with Crippen molar-refractivity contribution in [2.45, 2.75) is 69.6 Å². The van der Waals surface area contributed by atoms with Gasteiger partial charge < -0.3 is 34.5 Å². The molecule has 7 atom stereocenters. The zero-order valence-electron chi connectivity index (χ0n) is 17.5. The first-order chi connectivity index (χ1) is 14.8. The van der Waals surface area contributed by atoms with E-state index in [2.05, 4.69) is 9.97 Å². The van der Waals surface area contributed by atoms with Crippen LogP contribution in [0.5, 0.6) is 0 Å². The van der Waals surface area contributed by atoms with E-state index in [0.717, 1.165) is 13.0 Å². The lowest BCUT2D eigenvalue weighted by molar-refractivity contribution is -0.0685. The first-order valence-corrected chi connectivity index (χ1v) is 11.9. The summed E-state index contributed by atoms with van der Waals surface area (Å²) in [5.74, 6) is -2.50. The van der Waals surface area contributed by atoms with E-state index in [1.807, 2.05) is 0 Å². The summed E-state index contributed by atoms with van der Waals surface area (Å²) in [6.07, 6.45) is -3.81. The monoisotopic (exact) mass is 493 g/mol. The van der Waals surface area contributed by atoms with Crippen LogP contribution in [0, 0.1) is 10.7 Å². The lowest BCUT2D eigenvalue weighted by Crippen LogP contribution is -2.39. The number of aromatic amines is 1. The van der Waals surface area contributed by atoms with E-state index in [4.69, 9.17) is 21.5 Å². The predicted molar refractivity (Wildman–Crippen MR) is 113 cm³/mol. The number of hydrogen-bond donors (Lipinski definition) is 5. The third-order valence-electron chi connectivity index (χ3n) is 5.53. The van der Waals surface area contributed by atoms with Crippen molar-refractivity contribution in [3.05, 3.63) is 33.2 Å². The Balaban J connectivity index is 1.91. The number of H-pyrrole nitrogens is 1. The maximum atomic E-state index is 13.5. The molecule has 1 aliphatic rings. The fourth-order valence-electron chi connectivity index (χ4n) is 3.46. The number of aromatic nitrogens is 3. The van der Waals surface area contributed by atoms with Crippen LogP contribution in [0.1, 0.15) is 39.8 Å². The van der Waals surface area contributed by atoms with Crippen molar-refractivity contribution >= 4 is 30.8 Å². The number of hydrogen-bond acceptors (Lipinski definition) is 9. The average molecular weight is 493 g/mol. The van der Waals surface area contributed by atoms with Crippen molar-refractivity contribution in [3.63, 3.8) is 0 Å². The lowest BCUT2D eigenvalue weighted by Gasteiger charge is -2.34. The van der Waals surface area contributed by atoms with Gasteiger partial charge in [-0.3, -0.25) is 13.9 Å². The van der Waals surface area contributed by atoms with Crippen molar-refractivity contribution in [2.75, 3.05) is 0 Å². The van der Waals surface area contributed by atoms with Gasteiger partial charge in [0.05, 0.1) is 17.1 Å². The average Bonchev–Trinajstić information content (AvgIpc) is 2.95. The van der Waals surface area contributed by atoms with Crippen molar-refractivity contribution in [3.8, 4) is 0 Å². The molecular weight excluding hydrogens is 468 g/mol. The van der Waals surface area contributed by atoms with Gasteiger partial charge in [-0.2, -0.15) is 4.39 Å². The van der Waals surface area contributed by atoms with Gasteiger partial charge in [0.25, 0.3) is 0 Å². The Morgan fingerprint density at radius 1 is 1.47 bits per heavy atom. The van der Waals surface area contributed by atoms with Gasteiger partial charge in [0.15, 0.2) is 23.4 Å². The lowest BCUT2D eigenvalue weighted by atomic mass is 9.93. The van der Waals surface area contributed by atoms with E-state index < -0.39 is 55.0 Å². The highest BCUT2D eigenvalue weighted by atomic mass is 32.1.